The average Bonchev–Trinajstić information content (AvgIpc) is 3.22. The van der Waals surface area contributed by atoms with Crippen LogP contribution >= 0.6 is 11.8 Å². The Morgan fingerprint density at radius 2 is 1.96 bits per heavy atom. The molecule has 0 aliphatic heterocycles. The predicted octanol–water partition coefficient (Wildman–Crippen LogP) is 2.37. The summed E-state index contributed by atoms with van der Waals surface area (Å²) in [4.78, 5) is 33.7. The number of carbonyl (C=O) groups excluding carboxylic acids is 1. The van der Waals surface area contributed by atoms with Crippen LogP contribution in [0.4, 0.5) is 10.1 Å². The molecule has 10 heteroatoms. The Morgan fingerprint density at radius 3 is 2.71 bits per heavy atom. The number of para-hydroxylation sites is 1. The first-order chi connectivity index (χ1) is 13.6. The van der Waals surface area contributed by atoms with Gasteiger partial charge in [0.25, 0.3) is 5.56 Å². The Labute approximate surface area is 161 Å². The summed E-state index contributed by atoms with van der Waals surface area (Å²) in [5, 5.41) is 9.82. The summed E-state index contributed by atoms with van der Waals surface area (Å²) in [5.41, 5.74) is 0.680. The van der Waals surface area contributed by atoms with E-state index in [1.165, 1.54) is 35.2 Å². The van der Waals surface area contributed by atoms with Gasteiger partial charge in [-0.05, 0) is 36.4 Å². The highest BCUT2D eigenvalue weighted by atomic mass is 32.2. The maximum atomic E-state index is 13.0. The van der Waals surface area contributed by atoms with E-state index >= 15 is 0 Å². The van der Waals surface area contributed by atoms with Crippen molar-refractivity contribution in [2.24, 2.45) is 0 Å². The molecule has 0 unspecified atom stereocenters. The van der Waals surface area contributed by atoms with Crippen LogP contribution in [0.3, 0.4) is 0 Å². The first kappa shape index (κ1) is 17.9. The van der Waals surface area contributed by atoms with Crippen LogP contribution in [0.1, 0.15) is 0 Å². The number of rotatable bonds is 5. The van der Waals surface area contributed by atoms with E-state index in [9.17, 15) is 14.0 Å². The third kappa shape index (κ3) is 3.62. The summed E-state index contributed by atoms with van der Waals surface area (Å²) in [7, 11) is 0. The van der Waals surface area contributed by atoms with Crippen LogP contribution in [0.15, 0.2) is 64.8 Å². The second kappa shape index (κ2) is 7.61. The fraction of sp³-hybridized carbons (Fsp3) is 0.0556. The van der Waals surface area contributed by atoms with Crippen molar-refractivity contribution in [3.63, 3.8) is 0 Å². The zero-order chi connectivity index (χ0) is 19.5. The minimum atomic E-state index is -0.385. The molecule has 0 saturated carbocycles. The van der Waals surface area contributed by atoms with E-state index in [1.807, 2.05) is 0 Å². The molecule has 0 bridgehead atoms. The number of anilines is 1. The van der Waals surface area contributed by atoms with E-state index in [-0.39, 0.29) is 29.0 Å². The van der Waals surface area contributed by atoms with E-state index < -0.39 is 0 Å². The van der Waals surface area contributed by atoms with Crippen molar-refractivity contribution in [1.82, 2.24) is 24.7 Å². The molecule has 1 amide bonds. The van der Waals surface area contributed by atoms with Gasteiger partial charge in [-0.25, -0.2) is 19.0 Å². The smallest absolute Gasteiger partial charge is 0.269 e. The van der Waals surface area contributed by atoms with Crippen LogP contribution in [0.5, 0.6) is 0 Å². The van der Waals surface area contributed by atoms with Gasteiger partial charge in [-0.15, -0.1) is 0 Å². The number of nitrogens with one attached hydrogen (secondary N) is 2. The van der Waals surface area contributed by atoms with Gasteiger partial charge < -0.3 is 5.32 Å². The molecule has 4 aromatic rings. The third-order valence-electron chi connectivity index (χ3n) is 3.82. The summed E-state index contributed by atoms with van der Waals surface area (Å²) in [6, 6.07) is 12.4. The highest BCUT2D eigenvalue weighted by molar-refractivity contribution is 7.99. The summed E-state index contributed by atoms with van der Waals surface area (Å²) in [5.74, 6) is -0.493. The van der Waals surface area contributed by atoms with Crippen molar-refractivity contribution < 1.29 is 9.18 Å². The van der Waals surface area contributed by atoms with E-state index in [0.29, 0.717) is 21.7 Å². The number of nitrogens with zero attached hydrogens (tertiary/aromatic N) is 4. The molecule has 0 atom stereocenters. The molecule has 2 N–H and O–H groups in total. The SMILES string of the molecule is O=C(CSc1nc2ccccc2c(=O)n1-c1ncn[nH]1)Nc1ccc(F)cc1. The number of aromatic nitrogens is 5. The van der Waals surface area contributed by atoms with Crippen molar-refractivity contribution in [1.29, 1.82) is 0 Å². The van der Waals surface area contributed by atoms with E-state index in [0.717, 1.165) is 11.8 Å². The first-order valence-corrected chi connectivity index (χ1v) is 9.16. The normalized spacial score (nSPS) is 10.9. The van der Waals surface area contributed by atoms with Crippen LogP contribution in [-0.2, 0) is 4.79 Å². The topological polar surface area (TPSA) is 106 Å². The Balaban J connectivity index is 1.62. The van der Waals surface area contributed by atoms with Crippen molar-refractivity contribution in [2.75, 3.05) is 11.1 Å². The monoisotopic (exact) mass is 396 g/mol. The minimum absolute atomic E-state index is 0.00368. The molecule has 0 aliphatic carbocycles. The largest absolute Gasteiger partial charge is 0.325 e. The number of thioether (sulfide) groups is 1. The third-order valence-corrected chi connectivity index (χ3v) is 4.76. The number of hydrogen-bond donors (Lipinski definition) is 2. The van der Waals surface area contributed by atoms with Crippen molar-refractivity contribution >= 4 is 34.3 Å². The Hall–Kier alpha value is -3.53. The summed E-state index contributed by atoms with van der Waals surface area (Å²) in [6.07, 6.45) is 1.28. The van der Waals surface area contributed by atoms with E-state index in [2.05, 4.69) is 25.5 Å². The molecule has 0 fully saturated rings. The van der Waals surface area contributed by atoms with Gasteiger partial charge in [0.1, 0.15) is 12.1 Å². The van der Waals surface area contributed by atoms with Gasteiger partial charge in [0.05, 0.1) is 16.7 Å². The summed E-state index contributed by atoms with van der Waals surface area (Å²) in [6.45, 7) is 0. The highest BCUT2D eigenvalue weighted by Gasteiger charge is 2.16. The molecule has 2 aromatic heterocycles. The predicted molar refractivity (Wildman–Crippen MR) is 103 cm³/mol. The lowest BCUT2D eigenvalue weighted by molar-refractivity contribution is -0.113. The molecule has 28 heavy (non-hydrogen) atoms. The fourth-order valence-electron chi connectivity index (χ4n) is 2.56. The van der Waals surface area contributed by atoms with E-state index in [4.69, 9.17) is 0 Å². The number of aromatic amines is 1. The van der Waals surface area contributed by atoms with Crippen LogP contribution < -0.4 is 10.9 Å². The second-order valence-corrected chi connectivity index (χ2v) is 6.65. The molecular weight excluding hydrogens is 383 g/mol. The molecule has 0 radical (unpaired) electrons. The van der Waals surface area contributed by atoms with Crippen LogP contribution in [0.25, 0.3) is 16.9 Å². The number of halogens is 1. The van der Waals surface area contributed by atoms with E-state index in [1.54, 1.807) is 24.3 Å². The molecule has 0 aliphatic rings. The summed E-state index contributed by atoms with van der Waals surface area (Å²) >= 11 is 1.08. The Morgan fingerprint density at radius 1 is 1.18 bits per heavy atom. The molecule has 140 valence electrons. The number of H-pyrrole nitrogens is 1. The lowest BCUT2D eigenvalue weighted by Crippen LogP contribution is -2.23. The number of fused-ring (bicyclic) bond motifs is 1. The first-order valence-electron chi connectivity index (χ1n) is 8.17. The van der Waals surface area contributed by atoms with Crippen LogP contribution in [0, 0.1) is 5.82 Å². The molecule has 0 saturated heterocycles. The Kier molecular flexibility index (Phi) is 4.85. The van der Waals surface area contributed by atoms with Crippen molar-refractivity contribution in [2.45, 2.75) is 5.16 Å². The molecular formula is C18H13FN6O2S. The Bertz CT molecular complexity index is 1190. The lowest BCUT2D eigenvalue weighted by Gasteiger charge is -2.10. The maximum absolute atomic E-state index is 13.0. The molecule has 2 heterocycles. The van der Waals surface area contributed by atoms with Gasteiger partial charge in [-0.2, -0.15) is 10.1 Å². The van der Waals surface area contributed by atoms with Crippen LogP contribution in [0.2, 0.25) is 0 Å². The van der Waals surface area contributed by atoms with Gasteiger partial charge in [-0.1, -0.05) is 23.9 Å². The second-order valence-electron chi connectivity index (χ2n) is 5.70. The number of hydrogen-bond acceptors (Lipinski definition) is 6. The van der Waals surface area contributed by atoms with Gasteiger partial charge in [0.15, 0.2) is 5.16 Å². The molecule has 2 aromatic carbocycles. The zero-order valence-corrected chi connectivity index (χ0v) is 15.1. The fourth-order valence-corrected chi connectivity index (χ4v) is 3.36. The van der Waals surface area contributed by atoms with Crippen molar-refractivity contribution in [3.8, 4) is 5.95 Å². The van der Waals surface area contributed by atoms with Gasteiger partial charge in [0.2, 0.25) is 11.9 Å². The van der Waals surface area contributed by atoms with Crippen molar-refractivity contribution in [3.05, 3.63) is 71.0 Å². The molecule has 4 rings (SSSR count). The molecule has 0 spiro atoms. The van der Waals surface area contributed by atoms with Gasteiger partial charge >= 0.3 is 0 Å². The standard InChI is InChI=1S/C18H13FN6O2S/c19-11-5-7-12(8-6-11)22-15(26)9-28-18-23-14-4-2-1-3-13(14)16(27)25(18)17-20-10-21-24-17/h1-8,10H,9H2,(H,22,26)(H,20,21,24). The minimum Gasteiger partial charge on any atom is -0.325 e. The number of carbonyl (C=O) groups is 1. The molecule has 8 nitrogen and oxygen atoms in total. The number of benzene rings is 2. The average molecular weight is 396 g/mol. The summed E-state index contributed by atoms with van der Waals surface area (Å²) < 4.78 is 14.2. The number of amides is 1. The zero-order valence-electron chi connectivity index (χ0n) is 14.3. The maximum Gasteiger partial charge on any atom is 0.269 e. The highest BCUT2D eigenvalue weighted by Crippen LogP contribution is 2.20. The van der Waals surface area contributed by atoms with Crippen LogP contribution in [-0.4, -0.2) is 36.4 Å². The van der Waals surface area contributed by atoms with Gasteiger partial charge in [0, 0.05) is 5.69 Å². The lowest BCUT2D eigenvalue weighted by atomic mass is 10.2. The quantitative estimate of drug-likeness (QED) is 0.396. The van der Waals surface area contributed by atoms with Gasteiger partial charge in [-0.3, -0.25) is 9.59 Å².